The van der Waals surface area contributed by atoms with E-state index in [0.717, 1.165) is 25.9 Å². The summed E-state index contributed by atoms with van der Waals surface area (Å²) in [6.45, 7) is 3.16. The van der Waals surface area contributed by atoms with E-state index in [1.165, 1.54) is 0 Å². The van der Waals surface area contributed by atoms with Crippen LogP contribution in [-0.2, 0) is 9.84 Å². The molecule has 19 heavy (non-hydrogen) atoms. The van der Waals surface area contributed by atoms with Gasteiger partial charge in [-0.3, -0.25) is 0 Å². The van der Waals surface area contributed by atoms with E-state index in [1.807, 2.05) is 0 Å². The average Bonchev–Trinajstić information content (AvgIpc) is 2.75. The summed E-state index contributed by atoms with van der Waals surface area (Å²) in [7, 11) is -2.85. The van der Waals surface area contributed by atoms with Crippen molar-refractivity contribution in [3.63, 3.8) is 0 Å². The molecule has 110 valence electrons. The fourth-order valence-corrected chi connectivity index (χ4v) is 4.53. The van der Waals surface area contributed by atoms with Crippen molar-refractivity contribution in [2.24, 2.45) is 11.8 Å². The Hall–Kier alpha value is -0.820. The van der Waals surface area contributed by atoms with Crippen LogP contribution in [0.2, 0.25) is 0 Å². The van der Waals surface area contributed by atoms with Crippen molar-refractivity contribution in [3.05, 3.63) is 0 Å². The average molecular weight is 289 g/mol. The molecule has 0 aromatic heterocycles. The topological polar surface area (TPSA) is 87.3 Å². The minimum atomic E-state index is -2.85. The van der Waals surface area contributed by atoms with Gasteiger partial charge in [-0.1, -0.05) is 0 Å². The Morgan fingerprint density at radius 1 is 1.16 bits per heavy atom. The maximum Gasteiger partial charge on any atom is 0.314 e. The Kier molecular flexibility index (Phi) is 5.04. The largest absolute Gasteiger partial charge is 0.338 e. The van der Waals surface area contributed by atoms with Crippen molar-refractivity contribution in [2.45, 2.75) is 19.3 Å². The van der Waals surface area contributed by atoms with Crippen LogP contribution < -0.4 is 16.0 Å². The standard InChI is InChI=1S/C12H23N3O3S/c16-12(14-7-10-2-1-4-13-6-10)15-8-11-3-5-19(17,18)9-11/h10-11,13H,1-9H2,(H2,14,15,16). The Morgan fingerprint density at radius 3 is 2.47 bits per heavy atom. The van der Waals surface area contributed by atoms with Gasteiger partial charge in [0.25, 0.3) is 0 Å². The van der Waals surface area contributed by atoms with Gasteiger partial charge in [0.2, 0.25) is 0 Å². The van der Waals surface area contributed by atoms with Crippen molar-refractivity contribution in [2.75, 3.05) is 37.7 Å². The van der Waals surface area contributed by atoms with Crippen molar-refractivity contribution < 1.29 is 13.2 Å². The van der Waals surface area contributed by atoms with Crippen LogP contribution in [0.1, 0.15) is 19.3 Å². The zero-order valence-electron chi connectivity index (χ0n) is 11.2. The van der Waals surface area contributed by atoms with Gasteiger partial charge in [0, 0.05) is 13.1 Å². The number of amides is 2. The predicted molar refractivity (Wildman–Crippen MR) is 73.8 cm³/mol. The van der Waals surface area contributed by atoms with Crippen LogP contribution in [0.3, 0.4) is 0 Å². The Morgan fingerprint density at radius 2 is 1.89 bits per heavy atom. The molecule has 2 aliphatic heterocycles. The quantitative estimate of drug-likeness (QED) is 0.664. The fourth-order valence-electron chi connectivity index (χ4n) is 2.67. The molecule has 0 spiro atoms. The molecule has 2 amide bonds. The van der Waals surface area contributed by atoms with Gasteiger partial charge >= 0.3 is 6.03 Å². The second kappa shape index (κ2) is 6.56. The number of urea groups is 1. The van der Waals surface area contributed by atoms with Gasteiger partial charge in [-0.2, -0.15) is 0 Å². The second-order valence-corrected chi connectivity index (χ2v) is 7.80. The molecule has 2 heterocycles. The lowest BCUT2D eigenvalue weighted by Gasteiger charge is -2.23. The molecule has 2 saturated heterocycles. The fraction of sp³-hybridized carbons (Fsp3) is 0.917. The SMILES string of the molecule is O=C(NCC1CCCNC1)NCC1CCS(=O)(=O)C1. The third-order valence-electron chi connectivity index (χ3n) is 3.83. The highest BCUT2D eigenvalue weighted by Crippen LogP contribution is 2.17. The van der Waals surface area contributed by atoms with Gasteiger partial charge in [0.05, 0.1) is 11.5 Å². The highest BCUT2D eigenvalue weighted by Gasteiger charge is 2.27. The Bertz CT molecular complexity index is 404. The minimum absolute atomic E-state index is 0.0760. The van der Waals surface area contributed by atoms with E-state index in [2.05, 4.69) is 16.0 Å². The highest BCUT2D eigenvalue weighted by atomic mass is 32.2. The van der Waals surface area contributed by atoms with E-state index in [9.17, 15) is 13.2 Å². The lowest BCUT2D eigenvalue weighted by molar-refractivity contribution is 0.235. The van der Waals surface area contributed by atoms with E-state index >= 15 is 0 Å². The van der Waals surface area contributed by atoms with Crippen LogP contribution in [0.25, 0.3) is 0 Å². The molecule has 0 saturated carbocycles. The van der Waals surface area contributed by atoms with Crippen molar-refractivity contribution >= 4 is 15.9 Å². The van der Waals surface area contributed by atoms with Gasteiger partial charge in [0.1, 0.15) is 0 Å². The van der Waals surface area contributed by atoms with E-state index in [0.29, 0.717) is 25.4 Å². The lowest BCUT2D eigenvalue weighted by Crippen LogP contribution is -2.43. The van der Waals surface area contributed by atoms with E-state index in [1.54, 1.807) is 0 Å². The van der Waals surface area contributed by atoms with Crippen LogP contribution in [0.5, 0.6) is 0 Å². The van der Waals surface area contributed by atoms with Gasteiger partial charge < -0.3 is 16.0 Å². The van der Waals surface area contributed by atoms with Gasteiger partial charge in [-0.15, -0.1) is 0 Å². The second-order valence-electron chi connectivity index (χ2n) is 5.57. The summed E-state index contributed by atoms with van der Waals surface area (Å²) in [6, 6.07) is -0.185. The van der Waals surface area contributed by atoms with Crippen molar-refractivity contribution in [1.29, 1.82) is 0 Å². The van der Waals surface area contributed by atoms with Crippen LogP contribution in [0.4, 0.5) is 4.79 Å². The monoisotopic (exact) mass is 289 g/mol. The van der Waals surface area contributed by atoms with Crippen LogP contribution in [-0.4, -0.2) is 52.1 Å². The van der Waals surface area contributed by atoms with Crippen LogP contribution in [0.15, 0.2) is 0 Å². The Labute approximate surface area is 114 Å². The van der Waals surface area contributed by atoms with Gasteiger partial charge in [-0.05, 0) is 44.2 Å². The summed E-state index contributed by atoms with van der Waals surface area (Å²) in [4.78, 5) is 11.6. The first-order chi connectivity index (χ1) is 9.05. The summed E-state index contributed by atoms with van der Waals surface area (Å²) in [5, 5.41) is 8.93. The Balaban J connectivity index is 1.59. The molecule has 0 aliphatic carbocycles. The number of rotatable bonds is 4. The van der Waals surface area contributed by atoms with Crippen molar-refractivity contribution in [1.82, 2.24) is 16.0 Å². The third-order valence-corrected chi connectivity index (χ3v) is 5.67. The van der Waals surface area contributed by atoms with E-state index in [-0.39, 0.29) is 23.5 Å². The molecule has 0 bridgehead atoms. The first-order valence-corrected chi connectivity index (χ1v) is 8.80. The predicted octanol–water partition coefficient (Wildman–Crippen LogP) is -0.280. The third kappa shape index (κ3) is 4.99. The highest BCUT2D eigenvalue weighted by molar-refractivity contribution is 7.91. The molecule has 3 N–H and O–H groups in total. The number of nitrogens with one attached hydrogen (secondary N) is 3. The first kappa shape index (κ1) is 14.6. The zero-order valence-corrected chi connectivity index (χ0v) is 12.0. The maximum atomic E-state index is 11.6. The molecular formula is C12H23N3O3S. The summed E-state index contributed by atoms with van der Waals surface area (Å²) in [6.07, 6.45) is 2.97. The molecule has 2 atom stereocenters. The molecule has 2 fully saturated rings. The number of piperidine rings is 1. The smallest absolute Gasteiger partial charge is 0.314 e. The maximum absolute atomic E-state index is 11.6. The summed E-state index contributed by atoms with van der Waals surface area (Å²) in [5.74, 6) is 1.05. The van der Waals surface area contributed by atoms with E-state index < -0.39 is 9.84 Å². The number of hydrogen-bond acceptors (Lipinski definition) is 4. The number of hydrogen-bond donors (Lipinski definition) is 3. The summed E-state index contributed by atoms with van der Waals surface area (Å²) >= 11 is 0. The lowest BCUT2D eigenvalue weighted by atomic mass is 10.00. The molecule has 6 nitrogen and oxygen atoms in total. The molecular weight excluding hydrogens is 266 g/mol. The van der Waals surface area contributed by atoms with E-state index in [4.69, 9.17) is 0 Å². The normalized spacial score (nSPS) is 29.9. The zero-order chi connectivity index (χ0) is 13.7. The molecule has 2 unspecified atom stereocenters. The van der Waals surface area contributed by atoms with Gasteiger partial charge in [-0.25, -0.2) is 13.2 Å². The molecule has 0 radical (unpaired) electrons. The molecule has 0 aromatic rings. The minimum Gasteiger partial charge on any atom is -0.338 e. The molecule has 2 aliphatic rings. The number of sulfone groups is 1. The number of carbonyl (C=O) groups is 1. The summed E-state index contributed by atoms with van der Waals surface area (Å²) < 4.78 is 22.6. The first-order valence-electron chi connectivity index (χ1n) is 6.98. The van der Waals surface area contributed by atoms with Crippen LogP contribution in [0, 0.1) is 11.8 Å². The van der Waals surface area contributed by atoms with Crippen molar-refractivity contribution in [3.8, 4) is 0 Å². The number of carbonyl (C=O) groups excluding carboxylic acids is 1. The van der Waals surface area contributed by atoms with Crippen LogP contribution >= 0.6 is 0 Å². The molecule has 7 heteroatoms. The molecule has 2 rings (SSSR count). The van der Waals surface area contributed by atoms with Gasteiger partial charge in [0.15, 0.2) is 9.84 Å². The molecule has 0 aromatic carbocycles. The summed E-state index contributed by atoms with van der Waals surface area (Å²) in [5.41, 5.74) is 0.